The van der Waals surface area contributed by atoms with Crippen LogP contribution in [0.25, 0.3) is 0 Å². The van der Waals surface area contributed by atoms with E-state index in [0.29, 0.717) is 49.3 Å². The molecule has 1 unspecified atom stereocenters. The Balaban J connectivity index is 1.23. The predicted octanol–water partition coefficient (Wildman–Crippen LogP) is 3.64. The van der Waals surface area contributed by atoms with Crippen molar-refractivity contribution < 1.29 is 19.1 Å². The monoisotopic (exact) mass is 426 g/mol. The van der Waals surface area contributed by atoms with E-state index in [1.54, 1.807) is 0 Å². The summed E-state index contributed by atoms with van der Waals surface area (Å²) in [6, 6.07) is 2.19. The molecule has 6 bridgehead atoms. The molecular formula is C25H34N2O4. The Morgan fingerprint density at radius 3 is 2.13 bits per heavy atom. The average molecular weight is 427 g/mol. The van der Waals surface area contributed by atoms with Crippen molar-refractivity contribution in [2.24, 2.45) is 35.5 Å². The zero-order valence-corrected chi connectivity index (χ0v) is 18.4. The molecule has 0 aromatic carbocycles. The van der Waals surface area contributed by atoms with E-state index in [0.717, 1.165) is 38.5 Å². The molecular weight excluding hydrogens is 392 g/mol. The van der Waals surface area contributed by atoms with Crippen LogP contribution in [0, 0.1) is 46.8 Å². The molecule has 0 radical (unpaired) electrons. The van der Waals surface area contributed by atoms with E-state index in [4.69, 9.17) is 10.00 Å². The number of ether oxygens (including phenoxy) is 1. The summed E-state index contributed by atoms with van der Waals surface area (Å²) in [5.74, 6) is 1.71. The van der Waals surface area contributed by atoms with E-state index < -0.39 is 0 Å². The second-order valence-electron chi connectivity index (χ2n) is 11.1. The molecule has 0 aromatic heterocycles. The lowest BCUT2D eigenvalue weighted by atomic mass is 9.52. The van der Waals surface area contributed by atoms with Crippen LogP contribution < -0.4 is 0 Å². The highest BCUT2D eigenvalue weighted by atomic mass is 16.5. The molecule has 1 amide bonds. The van der Waals surface area contributed by atoms with E-state index in [9.17, 15) is 14.4 Å². The van der Waals surface area contributed by atoms with Crippen molar-refractivity contribution in [2.75, 3.05) is 13.2 Å². The quantitative estimate of drug-likeness (QED) is 0.605. The molecule has 168 valence electrons. The smallest absolute Gasteiger partial charge is 0.309 e. The van der Waals surface area contributed by atoms with E-state index in [-0.39, 0.29) is 41.8 Å². The first-order chi connectivity index (χ1) is 15.0. The Kier molecular flexibility index (Phi) is 5.56. The van der Waals surface area contributed by atoms with Gasteiger partial charge >= 0.3 is 5.97 Å². The van der Waals surface area contributed by atoms with Crippen molar-refractivity contribution in [1.82, 2.24) is 4.90 Å². The minimum atomic E-state index is -0.316. The van der Waals surface area contributed by atoms with Gasteiger partial charge in [0.25, 0.3) is 5.91 Å². The van der Waals surface area contributed by atoms with Crippen LogP contribution in [0.15, 0.2) is 0 Å². The van der Waals surface area contributed by atoms with Gasteiger partial charge in [-0.3, -0.25) is 14.4 Å². The molecule has 6 heteroatoms. The van der Waals surface area contributed by atoms with E-state index >= 15 is 0 Å². The van der Waals surface area contributed by atoms with Crippen LogP contribution in [-0.4, -0.2) is 41.3 Å². The molecule has 6 saturated carbocycles. The molecule has 6 aliphatic carbocycles. The number of carbonyl (C=O) groups is 3. The fourth-order valence-corrected chi connectivity index (χ4v) is 8.18. The molecule has 0 saturated heterocycles. The first-order valence-corrected chi connectivity index (χ1v) is 12.3. The lowest BCUT2D eigenvalue weighted by Crippen LogP contribution is -2.62. The number of nitriles is 1. The number of rotatable bonds is 6. The Bertz CT molecular complexity index is 749. The highest BCUT2D eigenvalue weighted by Crippen LogP contribution is 2.57. The molecule has 6 rings (SSSR count). The molecule has 6 nitrogen and oxygen atoms in total. The summed E-state index contributed by atoms with van der Waals surface area (Å²) in [7, 11) is 0. The van der Waals surface area contributed by atoms with Crippen molar-refractivity contribution in [3.63, 3.8) is 0 Å². The third-order valence-electron chi connectivity index (χ3n) is 9.05. The molecule has 0 aliphatic heterocycles. The van der Waals surface area contributed by atoms with E-state index in [1.807, 2.05) is 4.90 Å². The zero-order valence-electron chi connectivity index (χ0n) is 18.4. The molecule has 0 N–H and O–H groups in total. The standard InChI is InChI=1S/C25H34N2O4/c26-5-2-6-27(25-12-16-7-17(13-25)9-18(8-16)14-25)22(28)15-31-24(30)21-10-19-3-1-4-20(11-21)23(19)29/h16-21H,1-4,6-15H2/t16?,17?,18?,19-,20+,21?,25?. The highest BCUT2D eigenvalue weighted by molar-refractivity contribution is 5.88. The number of amides is 1. The van der Waals surface area contributed by atoms with Crippen LogP contribution in [-0.2, 0) is 19.1 Å². The third-order valence-corrected chi connectivity index (χ3v) is 9.05. The third kappa shape index (κ3) is 3.90. The normalized spacial score (nSPS) is 40.3. The number of ketones is 1. The first kappa shape index (κ1) is 21.0. The van der Waals surface area contributed by atoms with Crippen molar-refractivity contribution in [3.05, 3.63) is 0 Å². The Morgan fingerprint density at radius 1 is 1.00 bits per heavy atom. The maximum atomic E-state index is 13.3. The molecule has 0 heterocycles. The molecule has 6 fully saturated rings. The van der Waals surface area contributed by atoms with Crippen LogP contribution in [0.2, 0.25) is 0 Å². The Hall–Kier alpha value is -1.90. The second kappa shape index (κ2) is 8.22. The molecule has 3 atom stereocenters. The number of hydrogen-bond acceptors (Lipinski definition) is 5. The number of esters is 1. The molecule has 6 aliphatic rings. The largest absolute Gasteiger partial charge is 0.455 e. The van der Waals surface area contributed by atoms with Gasteiger partial charge in [-0.05, 0) is 82.0 Å². The number of Topliss-reactive ketones (excluding diaryl/α,β-unsaturated/α-hetero) is 1. The lowest BCUT2D eigenvalue weighted by Gasteiger charge is -2.60. The summed E-state index contributed by atoms with van der Waals surface area (Å²) in [5, 5.41) is 9.17. The summed E-state index contributed by atoms with van der Waals surface area (Å²) >= 11 is 0. The van der Waals surface area contributed by atoms with Crippen molar-refractivity contribution in [3.8, 4) is 6.07 Å². The summed E-state index contributed by atoms with van der Waals surface area (Å²) in [4.78, 5) is 40.3. The van der Waals surface area contributed by atoms with Crippen molar-refractivity contribution >= 4 is 17.7 Å². The maximum Gasteiger partial charge on any atom is 0.309 e. The summed E-state index contributed by atoms with van der Waals surface area (Å²) in [5.41, 5.74) is -0.136. The van der Waals surface area contributed by atoms with E-state index in [2.05, 4.69) is 6.07 Å². The average Bonchev–Trinajstić information content (AvgIpc) is 2.71. The predicted molar refractivity (Wildman–Crippen MR) is 112 cm³/mol. The minimum absolute atomic E-state index is 0.0000891. The Labute approximate surface area is 184 Å². The lowest BCUT2D eigenvalue weighted by molar-refractivity contribution is -0.166. The molecule has 0 spiro atoms. The van der Waals surface area contributed by atoms with Gasteiger partial charge < -0.3 is 9.64 Å². The van der Waals surface area contributed by atoms with Crippen LogP contribution >= 0.6 is 0 Å². The topological polar surface area (TPSA) is 87.5 Å². The number of carbonyl (C=O) groups excluding carboxylic acids is 3. The van der Waals surface area contributed by atoms with Crippen LogP contribution in [0.5, 0.6) is 0 Å². The second-order valence-corrected chi connectivity index (χ2v) is 11.1. The molecule has 0 aromatic rings. The summed E-state index contributed by atoms with van der Waals surface area (Å²) < 4.78 is 5.54. The van der Waals surface area contributed by atoms with Gasteiger partial charge in [0.2, 0.25) is 0 Å². The first-order valence-electron chi connectivity index (χ1n) is 12.3. The Morgan fingerprint density at radius 2 is 1.58 bits per heavy atom. The van der Waals surface area contributed by atoms with Gasteiger partial charge in [0, 0.05) is 23.9 Å². The van der Waals surface area contributed by atoms with Crippen LogP contribution in [0.4, 0.5) is 0 Å². The number of fused-ring (bicyclic) bond motifs is 2. The number of nitrogens with zero attached hydrogens (tertiary/aromatic N) is 2. The highest BCUT2D eigenvalue weighted by Gasteiger charge is 2.54. The van der Waals surface area contributed by atoms with Crippen LogP contribution in [0.1, 0.15) is 77.0 Å². The SMILES string of the molecule is N#CCCN(C(=O)COC(=O)C1C[C@H]2CCC[C@@H](C1)C2=O)C12CC3CC(CC(C3)C1)C2. The van der Waals surface area contributed by atoms with Crippen molar-refractivity contribution in [2.45, 2.75) is 82.6 Å². The maximum absolute atomic E-state index is 13.3. The summed E-state index contributed by atoms with van der Waals surface area (Å²) in [6.45, 7) is 0.201. The fourth-order valence-electron chi connectivity index (χ4n) is 8.18. The van der Waals surface area contributed by atoms with Gasteiger partial charge in [-0.25, -0.2) is 0 Å². The van der Waals surface area contributed by atoms with Gasteiger partial charge in [0.15, 0.2) is 6.61 Å². The van der Waals surface area contributed by atoms with Crippen molar-refractivity contribution in [1.29, 1.82) is 5.26 Å². The van der Waals surface area contributed by atoms with Gasteiger partial charge in [-0.2, -0.15) is 5.26 Å². The van der Waals surface area contributed by atoms with Gasteiger partial charge in [0.05, 0.1) is 18.4 Å². The summed E-state index contributed by atoms with van der Waals surface area (Å²) in [6.07, 6.45) is 11.3. The van der Waals surface area contributed by atoms with E-state index in [1.165, 1.54) is 19.3 Å². The minimum Gasteiger partial charge on any atom is -0.455 e. The fraction of sp³-hybridized carbons (Fsp3) is 0.840. The van der Waals surface area contributed by atoms with Gasteiger partial charge in [0.1, 0.15) is 5.78 Å². The molecule has 31 heavy (non-hydrogen) atoms. The van der Waals surface area contributed by atoms with Gasteiger partial charge in [-0.1, -0.05) is 6.42 Å². The number of hydrogen-bond donors (Lipinski definition) is 0. The van der Waals surface area contributed by atoms with Gasteiger partial charge in [-0.15, -0.1) is 0 Å². The van der Waals surface area contributed by atoms with Crippen LogP contribution in [0.3, 0.4) is 0 Å². The zero-order chi connectivity index (χ0) is 21.6.